The molecule has 2 rings (SSSR count). The summed E-state index contributed by atoms with van der Waals surface area (Å²) in [6.45, 7) is 1.71. The summed E-state index contributed by atoms with van der Waals surface area (Å²) >= 11 is 0. The summed E-state index contributed by atoms with van der Waals surface area (Å²) in [6.07, 6.45) is 0. The number of hydrogen-bond acceptors (Lipinski definition) is 5. The lowest BCUT2D eigenvalue weighted by molar-refractivity contribution is -0.117. The molecular weight excluding hydrogens is 222 g/mol. The Morgan fingerprint density at radius 1 is 1.47 bits per heavy atom. The number of nitrogens with one attached hydrogen (secondary N) is 1. The Labute approximate surface area is 97.1 Å². The van der Waals surface area contributed by atoms with Gasteiger partial charge in [0.15, 0.2) is 0 Å². The number of benzene rings is 1. The number of aryl methyl sites for hydroxylation is 1. The fourth-order valence-corrected chi connectivity index (χ4v) is 1.30. The minimum absolute atomic E-state index is 0.00711. The van der Waals surface area contributed by atoms with E-state index in [4.69, 9.17) is 0 Å². The topological polar surface area (TPSA) is 92.9 Å². The van der Waals surface area contributed by atoms with E-state index in [0.29, 0.717) is 11.5 Å². The molecular formula is C10H11N5O2. The first-order chi connectivity index (χ1) is 8.16. The summed E-state index contributed by atoms with van der Waals surface area (Å²) in [5.74, 6) is 0.272. The lowest BCUT2D eigenvalue weighted by atomic mass is 10.3. The van der Waals surface area contributed by atoms with Gasteiger partial charge in [0.05, 0.1) is 5.69 Å². The Balaban J connectivity index is 2.03. The molecule has 7 nitrogen and oxygen atoms in total. The average molecular weight is 233 g/mol. The number of carbonyl (C=O) groups is 1. The molecule has 1 heterocycles. The van der Waals surface area contributed by atoms with Crippen LogP contribution in [0.15, 0.2) is 24.3 Å². The van der Waals surface area contributed by atoms with Crippen molar-refractivity contribution in [1.82, 2.24) is 20.2 Å². The highest BCUT2D eigenvalue weighted by Crippen LogP contribution is 2.21. The molecule has 17 heavy (non-hydrogen) atoms. The molecule has 88 valence electrons. The molecule has 1 aromatic carbocycles. The zero-order valence-corrected chi connectivity index (χ0v) is 9.16. The van der Waals surface area contributed by atoms with Crippen LogP contribution >= 0.6 is 0 Å². The van der Waals surface area contributed by atoms with Crippen molar-refractivity contribution >= 4 is 11.6 Å². The summed E-state index contributed by atoms with van der Waals surface area (Å²) in [6, 6.07) is 6.51. The molecule has 0 bridgehead atoms. The van der Waals surface area contributed by atoms with Crippen LogP contribution in [0, 0.1) is 6.92 Å². The number of rotatable bonds is 3. The van der Waals surface area contributed by atoms with E-state index >= 15 is 0 Å². The molecule has 0 atom stereocenters. The Hall–Kier alpha value is -2.44. The van der Waals surface area contributed by atoms with Gasteiger partial charge < -0.3 is 10.4 Å². The highest BCUT2D eigenvalue weighted by atomic mass is 16.3. The van der Waals surface area contributed by atoms with Crippen molar-refractivity contribution in [2.24, 2.45) is 0 Å². The number of phenolic OH excluding ortho intramolecular Hbond substituents is 1. The molecule has 0 fully saturated rings. The highest BCUT2D eigenvalue weighted by Gasteiger charge is 2.09. The second-order valence-electron chi connectivity index (χ2n) is 3.45. The number of aromatic hydroxyl groups is 1. The van der Waals surface area contributed by atoms with Gasteiger partial charge in [-0.2, -0.15) is 0 Å². The first kappa shape index (κ1) is 11.1. The zero-order chi connectivity index (χ0) is 12.3. The number of hydrogen-bond donors (Lipinski definition) is 2. The summed E-state index contributed by atoms with van der Waals surface area (Å²) in [5, 5.41) is 22.8. The Morgan fingerprint density at radius 3 is 2.88 bits per heavy atom. The fourth-order valence-electron chi connectivity index (χ4n) is 1.30. The first-order valence-corrected chi connectivity index (χ1v) is 4.97. The van der Waals surface area contributed by atoms with Crippen LogP contribution in [0.2, 0.25) is 0 Å². The van der Waals surface area contributed by atoms with Crippen molar-refractivity contribution in [3.05, 3.63) is 30.1 Å². The molecule has 2 N–H and O–H groups in total. The van der Waals surface area contributed by atoms with Gasteiger partial charge in [-0.25, -0.2) is 4.68 Å². The lowest BCUT2D eigenvalue weighted by Crippen LogP contribution is -2.20. The fraction of sp³-hybridized carbons (Fsp3) is 0.200. The monoisotopic (exact) mass is 233 g/mol. The van der Waals surface area contributed by atoms with Crippen molar-refractivity contribution in [2.75, 3.05) is 5.32 Å². The molecule has 0 aliphatic carbocycles. The van der Waals surface area contributed by atoms with Gasteiger partial charge in [-0.3, -0.25) is 4.79 Å². The molecule has 7 heteroatoms. The Morgan fingerprint density at radius 2 is 2.24 bits per heavy atom. The van der Waals surface area contributed by atoms with Gasteiger partial charge in [0.2, 0.25) is 5.91 Å². The largest absolute Gasteiger partial charge is 0.506 e. The van der Waals surface area contributed by atoms with Crippen LogP contribution in [0.5, 0.6) is 5.75 Å². The van der Waals surface area contributed by atoms with Crippen molar-refractivity contribution in [2.45, 2.75) is 13.5 Å². The molecule has 1 aromatic heterocycles. The van der Waals surface area contributed by atoms with Gasteiger partial charge in [0, 0.05) is 0 Å². The predicted molar refractivity (Wildman–Crippen MR) is 59.3 cm³/mol. The maximum atomic E-state index is 11.6. The maximum Gasteiger partial charge on any atom is 0.246 e. The average Bonchev–Trinajstić information content (AvgIpc) is 2.68. The van der Waals surface area contributed by atoms with Crippen LogP contribution in [-0.4, -0.2) is 31.2 Å². The highest BCUT2D eigenvalue weighted by molar-refractivity contribution is 5.91. The SMILES string of the molecule is Cc1nnnn1CC(=O)Nc1ccccc1O. The number of phenols is 1. The van der Waals surface area contributed by atoms with Gasteiger partial charge in [-0.05, 0) is 29.5 Å². The van der Waals surface area contributed by atoms with Crippen LogP contribution in [-0.2, 0) is 11.3 Å². The lowest BCUT2D eigenvalue weighted by Gasteiger charge is -2.06. The van der Waals surface area contributed by atoms with E-state index in [0.717, 1.165) is 0 Å². The molecule has 1 amide bonds. The van der Waals surface area contributed by atoms with E-state index in [1.54, 1.807) is 25.1 Å². The minimum Gasteiger partial charge on any atom is -0.506 e. The molecule has 0 unspecified atom stereocenters. The van der Waals surface area contributed by atoms with Crippen LogP contribution in [0.4, 0.5) is 5.69 Å². The third-order valence-corrected chi connectivity index (χ3v) is 2.18. The van der Waals surface area contributed by atoms with Crippen molar-refractivity contribution in [3.63, 3.8) is 0 Å². The Bertz CT molecular complexity index is 537. The molecule has 0 aliphatic heterocycles. The molecule has 0 aliphatic rings. The number of nitrogens with zero attached hydrogens (tertiary/aromatic N) is 4. The molecule has 0 saturated heterocycles. The third kappa shape index (κ3) is 2.57. The Kier molecular flexibility index (Phi) is 2.99. The van der Waals surface area contributed by atoms with Crippen LogP contribution in [0.3, 0.4) is 0 Å². The quantitative estimate of drug-likeness (QED) is 0.745. The van der Waals surface area contributed by atoms with Crippen LogP contribution < -0.4 is 5.32 Å². The number of tetrazole rings is 1. The van der Waals surface area contributed by atoms with Gasteiger partial charge >= 0.3 is 0 Å². The summed E-state index contributed by atoms with van der Waals surface area (Å²) < 4.78 is 1.37. The van der Waals surface area contributed by atoms with Crippen molar-refractivity contribution in [3.8, 4) is 5.75 Å². The smallest absolute Gasteiger partial charge is 0.246 e. The second-order valence-corrected chi connectivity index (χ2v) is 3.45. The van der Waals surface area contributed by atoms with E-state index in [9.17, 15) is 9.90 Å². The number of para-hydroxylation sites is 2. The molecule has 2 aromatic rings. The molecule has 0 radical (unpaired) electrons. The predicted octanol–water partition coefficient (Wildman–Crippen LogP) is 0.326. The van der Waals surface area contributed by atoms with E-state index < -0.39 is 0 Å². The van der Waals surface area contributed by atoms with Crippen molar-refractivity contribution < 1.29 is 9.90 Å². The van der Waals surface area contributed by atoms with Gasteiger partial charge in [-0.1, -0.05) is 12.1 Å². The normalized spacial score (nSPS) is 10.2. The number of anilines is 1. The van der Waals surface area contributed by atoms with Crippen LogP contribution in [0.25, 0.3) is 0 Å². The maximum absolute atomic E-state index is 11.6. The number of amides is 1. The standard InChI is InChI=1S/C10H11N5O2/c1-7-12-13-14-15(7)6-10(17)11-8-4-2-3-5-9(8)16/h2-5,16H,6H2,1H3,(H,11,17). The van der Waals surface area contributed by atoms with E-state index in [1.165, 1.54) is 10.7 Å². The number of carbonyl (C=O) groups excluding carboxylic acids is 1. The third-order valence-electron chi connectivity index (χ3n) is 2.18. The van der Waals surface area contributed by atoms with Gasteiger partial charge in [0.25, 0.3) is 0 Å². The summed E-state index contributed by atoms with van der Waals surface area (Å²) in [7, 11) is 0. The minimum atomic E-state index is -0.304. The van der Waals surface area contributed by atoms with E-state index in [1.807, 2.05) is 0 Å². The summed E-state index contributed by atoms with van der Waals surface area (Å²) in [4.78, 5) is 11.6. The van der Waals surface area contributed by atoms with Crippen molar-refractivity contribution in [1.29, 1.82) is 0 Å². The van der Waals surface area contributed by atoms with Gasteiger partial charge in [-0.15, -0.1) is 5.10 Å². The van der Waals surface area contributed by atoms with E-state index in [2.05, 4.69) is 20.8 Å². The zero-order valence-electron chi connectivity index (χ0n) is 9.16. The molecule has 0 saturated carbocycles. The number of aromatic nitrogens is 4. The second kappa shape index (κ2) is 4.60. The molecule has 0 spiro atoms. The van der Waals surface area contributed by atoms with Gasteiger partial charge in [0.1, 0.15) is 18.1 Å². The van der Waals surface area contributed by atoms with Crippen LogP contribution in [0.1, 0.15) is 5.82 Å². The van der Waals surface area contributed by atoms with E-state index in [-0.39, 0.29) is 18.2 Å². The summed E-state index contributed by atoms with van der Waals surface area (Å²) in [5.41, 5.74) is 0.364. The first-order valence-electron chi connectivity index (χ1n) is 4.97.